The Kier molecular flexibility index (Phi) is 6.91. The quantitative estimate of drug-likeness (QED) is 0.593. The average molecular weight is 353 g/mol. The molecular weight excluding hydrogens is 330 g/mol. The molecule has 0 fully saturated rings. The highest BCUT2D eigenvalue weighted by molar-refractivity contribution is 5.94. The number of methoxy groups -OCH3 is 1. The van der Waals surface area contributed by atoms with Crippen LogP contribution in [0.25, 0.3) is 0 Å². The van der Waals surface area contributed by atoms with Gasteiger partial charge in [-0.1, -0.05) is 24.3 Å². The van der Waals surface area contributed by atoms with Crippen molar-refractivity contribution in [1.82, 2.24) is 5.43 Å². The average Bonchev–Trinajstić information content (AvgIpc) is 2.63. The van der Waals surface area contributed by atoms with E-state index in [4.69, 9.17) is 4.74 Å². The third-order valence-corrected chi connectivity index (χ3v) is 3.78. The third kappa shape index (κ3) is 5.73. The molecule has 0 aliphatic rings. The first kappa shape index (κ1) is 19.2. The van der Waals surface area contributed by atoms with Gasteiger partial charge in [-0.05, 0) is 43.2 Å². The van der Waals surface area contributed by atoms with Crippen molar-refractivity contribution in [3.63, 3.8) is 0 Å². The summed E-state index contributed by atoms with van der Waals surface area (Å²) in [4.78, 5) is 23.8. The molecule has 0 aromatic heterocycles. The maximum Gasteiger partial charge on any atom is 0.240 e. The Morgan fingerprint density at radius 3 is 2.58 bits per heavy atom. The van der Waals surface area contributed by atoms with E-state index < -0.39 is 0 Å². The summed E-state index contributed by atoms with van der Waals surface area (Å²) in [6.07, 6.45) is 1.65. The monoisotopic (exact) mass is 353 g/mol. The van der Waals surface area contributed by atoms with Crippen molar-refractivity contribution in [3.8, 4) is 5.75 Å². The van der Waals surface area contributed by atoms with Gasteiger partial charge in [-0.3, -0.25) is 9.59 Å². The van der Waals surface area contributed by atoms with Crippen LogP contribution in [-0.4, -0.2) is 25.1 Å². The fourth-order valence-electron chi connectivity index (χ4n) is 2.31. The zero-order valence-corrected chi connectivity index (χ0v) is 15.2. The molecule has 2 amide bonds. The number of hydrazone groups is 1. The van der Waals surface area contributed by atoms with Gasteiger partial charge < -0.3 is 10.1 Å². The van der Waals surface area contributed by atoms with Crippen LogP contribution >= 0.6 is 0 Å². The van der Waals surface area contributed by atoms with Crippen LogP contribution in [0.4, 0.5) is 5.69 Å². The van der Waals surface area contributed by atoms with Crippen LogP contribution in [0.15, 0.2) is 47.6 Å². The molecule has 0 aliphatic heterocycles. The molecule has 0 saturated carbocycles. The lowest BCUT2D eigenvalue weighted by Crippen LogP contribution is -2.21. The number of hydrogen-bond acceptors (Lipinski definition) is 4. The predicted molar refractivity (Wildman–Crippen MR) is 103 cm³/mol. The van der Waals surface area contributed by atoms with Gasteiger partial charge in [-0.15, -0.1) is 0 Å². The van der Waals surface area contributed by atoms with Crippen LogP contribution in [0.1, 0.15) is 29.5 Å². The van der Waals surface area contributed by atoms with Gasteiger partial charge in [0.1, 0.15) is 5.75 Å². The van der Waals surface area contributed by atoms with Crippen LogP contribution in [-0.2, 0) is 9.59 Å². The van der Waals surface area contributed by atoms with E-state index >= 15 is 0 Å². The molecule has 0 spiro atoms. The first-order chi connectivity index (χ1) is 12.5. The summed E-state index contributed by atoms with van der Waals surface area (Å²) in [6.45, 7) is 3.89. The predicted octanol–water partition coefficient (Wildman–Crippen LogP) is 3.18. The normalized spacial score (nSPS) is 10.6. The number of amides is 2. The smallest absolute Gasteiger partial charge is 0.240 e. The minimum Gasteiger partial charge on any atom is -0.496 e. The number of hydrogen-bond donors (Lipinski definition) is 2. The van der Waals surface area contributed by atoms with Crippen LogP contribution in [0.5, 0.6) is 5.75 Å². The standard InChI is InChI=1S/C20H23N3O3/c1-14-8-9-15(2)17(12-14)22-19(24)10-11-20(25)23-21-13-16-6-4-5-7-18(16)26-3/h4-9,12-13H,10-11H2,1-3H3,(H,22,24)(H,23,25)/b21-13+. The Morgan fingerprint density at radius 1 is 1.08 bits per heavy atom. The van der Waals surface area contributed by atoms with E-state index in [0.717, 1.165) is 22.4 Å². The molecule has 0 radical (unpaired) electrons. The van der Waals surface area contributed by atoms with Gasteiger partial charge in [0.05, 0.1) is 13.3 Å². The largest absolute Gasteiger partial charge is 0.496 e. The van der Waals surface area contributed by atoms with Crippen molar-refractivity contribution in [2.45, 2.75) is 26.7 Å². The highest BCUT2D eigenvalue weighted by Crippen LogP contribution is 2.17. The molecule has 136 valence electrons. The van der Waals surface area contributed by atoms with Crippen molar-refractivity contribution in [1.29, 1.82) is 0 Å². The van der Waals surface area contributed by atoms with Crippen molar-refractivity contribution in [2.24, 2.45) is 5.10 Å². The SMILES string of the molecule is COc1ccccc1/C=N/NC(=O)CCC(=O)Nc1cc(C)ccc1C. The minimum absolute atomic E-state index is 0.0555. The van der Waals surface area contributed by atoms with Gasteiger partial charge in [0.2, 0.25) is 11.8 Å². The molecule has 2 aromatic carbocycles. The van der Waals surface area contributed by atoms with Crippen molar-refractivity contribution >= 4 is 23.7 Å². The van der Waals surface area contributed by atoms with Crippen LogP contribution in [0.3, 0.4) is 0 Å². The van der Waals surface area contributed by atoms with Crippen LogP contribution < -0.4 is 15.5 Å². The fraction of sp³-hybridized carbons (Fsp3) is 0.250. The molecule has 0 saturated heterocycles. The fourth-order valence-corrected chi connectivity index (χ4v) is 2.31. The second-order valence-electron chi connectivity index (χ2n) is 5.90. The molecule has 6 heteroatoms. The van der Waals surface area contributed by atoms with Crippen LogP contribution in [0.2, 0.25) is 0 Å². The number of nitrogens with zero attached hydrogens (tertiary/aromatic N) is 1. The number of para-hydroxylation sites is 1. The number of anilines is 1. The molecule has 6 nitrogen and oxygen atoms in total. The summed E-state index contributed by atoms with van der Waals surface area (Å²) in [5, 5.41) is 6.73. The Morgan fingerprint density at radius 2 is 1.81 bits per heavy atom. The van der Waals surface area contributed by atoms with Crippen molar-refractivity contribution < 1.29 is 14.3 Å². The molecule has 0 aliphatic carbocycles. The van der Waals surface area contributed by atoms with Crippen LogP contribution in [0, 0.1) is 13.8 Å². The molecule has 0 atom stereocenters. The second kappa shape index (κ2) is 9.36. The number of ether oxygens (including phenoxy) is 1. The summed E-state index contributed by atoms with van der Waals surface area (Å²) in [5.74, 6) is 0.133. The zero-order chi connectivity index (χ0) is 18.9. The summed E-state index contributed by atoms with van der Waals surface area (Å²) in [7, 11) is 1.57. The molecule has 2 rings (SSSR count). The van der Waals surface area contributed by atoms with Gasteiger partial charge in [0.25, 0.3) is 0 Å². The topological polar surface area (TPSA) is 79.8 Å². The number of benzene rings is 2. The van der Waals surface area contributed by atoms with E-state index in [2.05, 4.69) is 15.8 Å². The Balaban J connectivity index is 1.80. The lowest BCUT2D eigenvalue weighted by molar-refractivity contribution is -0.124. The summed E-state index contributed by atoms with van der Waals surface area (Å²) < 4.78 is 5.20. The van der Waals surface area contributed by atoms with E-state index in [1.165, 1.54) is 6.21 Å². The molecule has 0 heterocycles. The highest BCUT2D eigenvalue weighted by Gasteiger charge is 2.08. The molecule has 2 N–H and O–H groups in total. The Labute approximate surface area is 153 Å². The lowest BCUT2D eigenvalue weighted by atomic mass is 10.1. The summed E-state index contributed by atoms with van der Waals surface area (Å²) >= 11 is 0. The number of aryl methyl sites for hydroxylation is 2. The van der Waals surface area contributed by atoms with Gasteiger partial charge in [-0.2, -0.15) is 5.10 Å². The number of nitrogens with one attached hydrogen (secondary N) is 2. The highest BCUT2D eigenvalue weighted by atomic mass is 16.5. The van der Waals surface area contributed by atoms with E-state index in [1.807, 2.05) is 50.2 Å². The maximum absolute atomic E-state index is 12.0. The maximum atomic E-state index is 12.0. The summed E-state index contributed by atoms with van der Waals surface area (Å²) in [6, 6.07) is 13.2. The molecule has 0 unspecified atom stereocenters. The van der Waals surface area contributed by atoms with Gasteiger partial charge in [-0.25, -0.2) is 5.43 Å². The number of rotatable bonds is 7. The van der Waals surface area contributed by atoms with E-state index in [-0.39, 0.29) is 24.7 Å². The molecule has 26 heavy (non-hydrogen) atoms. The van der Waals surface area contributed by atoms with Crippen molar-refractivity contribution in [2.75, 3.05) is 12.4 Å². The van der Waals surface area contributed by atoms with Gasteiger partial charge >= 0.3 is 0 Å². The molecule has 2 aromatic rings. The van der Waals surface area contributed by atoms with Crippen molar-refractivity contribution in [3.05, 3.63) is 59.2 Å². The van der Waals surface area contributed by atoms with E-state index in [0.29, 0.717) is 5.75 Å². The first-order valence-corrected chi connectivity index (χ1v) is 8.31. The second-order valence-corrected chi connectivity index (χ2v) is 5.90. The Bertz CT molecular complexity index is 816. The first-order valence-electron chi connectivity index (χ1n) is 8.31. The van der Waals surface area contributed by atoms with E-state index in [9.17, 15) is 9.59 Å². The third-order valence-electron chi connectivity index (χ3n) is 3.78. The zero-order valence-electron chi connectivity index (χ0n) is 15.2. The number of carbonyl (C=O) groups is 2. The Hall–Kier alpha value is -3.15. The number of carbonyl (C=O) groups excluding carboxylic acids is 2. The summed E-state index contributed by atoms with van der Waals surface area (Å²) in [5.41, 5.74) is 5.98. The van der Waals surface area contributed by atoms with E-state index in [1.54, 1.807) is 13.2 Å². The lowest BCUT2D eigenvalue weighted by Gasteiger charge is -2.09. The molecule has 0 bridgehead atoms. The van der Waals surface area contributed by atoms with Gasteiger partial charge in [0, 0.05) is 24.1 Å². The molecular formula is C20H23N3O3. The minimum atomic E-state index is -0.327. The van der Waals surface area contributed by atoms with Gasteiger partial charge in [0.15, 0.2) is 0 Å².